The Morgan fingerprint density at radius 2 is 2.05 bits per heavy atom. The molecule has 4 heteroatoms. The number of pyridine rings is 1. The molecule has 0 aliphatic rings. The molecule has 1 atom stereocenters. The molecule has 0 saturated carbocycles. The Morgan fingerprint density at radius 3 is 2.76 bits per heavy atom. The van der Waals surface area contributed by atoms with Gasteiger partial charge in [0.05, 0.1) is 0 Å². The minimum atomic E-state index is -0.424. The number of hydrogen-bond donors (Lipinski definition) is 1. The number of nitrogens with one attached hydrogen (secondary N) is 1. The van der Waals surface area contributed by atoms with Crippen LogP contribution in [0, 0.1) is 18.6 Å². The summed E-state index contributed by atoms with van der Waals surface area (Å²) in [4.78, 5) is 4.35. The van der Waals surface area contributed by atoms with E-state index < -0.39 is 11.6 Å². The predicted molar refractivity (Wildman–Crippen MR) is 80.1 cm³/mol. The molecule has 1 heterocycles. The van der Waals surface area contributed by atoms with E-state index in [9.17, 15) is 8.78 Å². The Bertz CT molecular complexity index is 599. The number of benzene rings is 1. The second-order valence-electron chi connectivity index (χ2n) is 5.14. The van der Waals surface area contributed by atoms with Gasteiger partial charge in [0, 0.05) is 29.9 Å². The van der Waals surface area contributed by atoms with E-state index in [1.807, 2.05) is 26.0 Å². The largest absolute Gasteiger partial charge is 0.310 e. The first-order valence-electron chi connectivity index (χ1n) is 7.20. The first-order chi connectivity index (χ1) is 10.1. The monoisotopic (exact) mass is 290 g/mol. The van der Waals surface area contributed by atoms with Crippen LogP contribution in [-0.4, -0.2) is 11.5 Å². The zero-order valence-corrected chi connectivity index (χ0v) is 12.4. The number of halogens is 2. The lowest BCUT2D eigenvalue weighted by Gasteiger charge is -2.20. The summed E-state index contributed by atoms with van der Waals surface area (Å²) in [6.07, 6.45) is 3.18. The fourth-order valence-corrected chi connectivity index (χ4v) is 2.32. The molecule has 0 radical (unpaired) electrons. The SMILES string of the molecule is CCCNC(Cc1ncccc1C)c1cc(F)ccc1F. The average molecular weight is 290 g/mol. The summed E-state index contributed by atoms with van der Waals surface area (Å²) < 4.78 is 27.5. The van der Waals surface area contributed by atoms with Gasteiger partial charge in [-0.15, -0.1) is 0 Å². The summed E-state index contributed by atoms with van der Waals surface area (Å²) in [5, 5.41) is 3.28. The highest BCUT2D eigenvalue weighted by molar-refractivity contribution is 5.26. The number of aryl methyl sites for hydroxylation is 1. The van der Waals surface area contributed by atoms with E-state index in [0.717, 1.165) is 30.3 Å². The van der Waals surface area contributed by atoms with Crippen molar-refractivity contribution in [1.82, 2.24) is 10.3 Å². The third-order valence-electron chi connectivity index (χ3n) is 3.49. The van der Waals surface area contributed by atoms with Crippen molar-refractivity contribution >= 4 is 0 Å². The molecule has 0 spiro atoms. The van der Waals surface area contributed by atoms with E-state index in [0.29, 0.717) is 12.0 Å². The molecule has 0 aliphatic carbocycles. The van der Waals surface area contributed by atoms with Crippen LogP contribution in [0.2, 0.25) is 0 Å². The minimum Gasteiger partial charge on any atom is -0.310 e. The van der Waals surface area contributed by atoms with Gasteiger partial charge in [-0.1, -0.05) is 13.0 Å². The van der Waals surface area contributed by atoms with Gasteiger partial charge in [0.25, 0.3) is 0 Å². The molecule has 1 aromatic carbocycles. The van der Waals surface area contributed by atoms with Crippen LogP contribution in [0.5, 0.6) is 0 Å². The lowest BCUT2D eigenvalue weighted by molar-refractivity contribution is 0.486. The summed E-state index contributed by atoms with van der Waals surface area (Å²) in [5.74, 6) is -0.814. The lowest BCUT2D eigenvalue weighted by Crippen LogP contribution is -2.25. The number of nitrogens with zero attached hydrogens (tertiary/aromatic N) is 1. The van der Waals surface area contributed by atoms with Gasteiger partial charge in [0.1, 0.15) is 11.6 Å². The van der Waals surface area contributed by atoms with Gasteiger partial charge in [-0.2, -0.15) is 0 Å². The fraction of sp³-hybridized carbons (Fsp3) is 0.353. The summed E-state index contributed by atoms with van der Waals surface area (Å²) in [6.45, 7) is 4.76. The third kappa shape index (κ3) is 4.08. The van der Waals surface area contributed by atoms with Crippen LogP contribution in [-0.2, 0) is 6.42 Å². The molecule has 112 valence electrons. The van der Waals surface area contributed by atoms with Crippen LogP contribution in [0.25, 0.3) is 0 Å². The van der Waals surface area contributed by atoms with Gasteiger partial charge in [-0.25, -0.2) is 8.78 Å². The van der Waals surface area contributed by atoms with Crippen LogP contribution < -0.4 is 5.32 Å². The normalized spacial score (nSPS) is 12.4. The van der Waals surface area contributed by atoms with E-state index >= 15 is 0 Å². The molecule has 2 rings (SSSR count). The average Bonchev–Trinajstić information content (AvgIpc) is 2.48. The first-order valence-corrected chi connectivity index (χ1v) is 7.20. The van der Waals surface area contributed by atoms with Crippen molar-refractivity contribution in [3.05, 3.63) is 65.0 Å². The van der Waals surface area contributed by atoms with Gasteiger partial charge in [-0.3, -0.25) is 4.98 Å². The smallest absolute Gasteiger partial charge is 0.128 e. The topological polar surface area (TPSA) is 24.9 Å². The Balaban J connectivity index is 2.30. The number of hydrogen-bond acceptors (Lipinski definition) is 2. The van der Waals surface area contributed by atoms with Gasteiger partial charge >= 0.3 is 0 Å². The molecule has 21 heavy (non-hydrogen) atoms. The highest BCUT2D eigenvalue weighted by atomic mass is 19.1. The van der Waals surface area contributed by atoms with E-state index in [4.69, 9.17) is 0 Å². The van der Waals surface area contributed by atoms with Gasteiger partial charge in [0.2, 0.25) is 0 Å². The number of rotatable bonds is 6. The Morgan fingerprint density at radius 1 is 1.24 bits per heavy atom. The van der Waals surface area contributed by atoms with E-state index in [-0.39, 0.29) is 6.04 Å². The molecule has 0 fully saturated rings. The van der Waals surface area contributed by atoms with Crippen molar-refractivity contribution in [2.75, 3.05) is 6.54 Å². The van der Waals surface area contributed by atoms with Crippen molar-refractivity contribution in [3.8, 4) is 0 Å². The standard InChI is InChI=1S/C17H20F2N2/c1-3-8-20-17(11-16-12(2)5-4-9-21-16)14-10-13(18)6-7-15(14)19/h4-7,9-10,17,20H,3,8,11H2,1-2H3. The van der Waals surface area contributed by atoms with Gasteiger partial charge < -0.3 is 5.32 Å². The van der Waals surface area contributed by atoms with E-state index in [2.05, 4.69) is 10.3 Å². The van der Waals surface area contributed by atoms with Gasteiger partial charge in [0.15, 0.2) is 0 Å². The number of aromatic nitrogens is 1. The second kappa shape index (κ2) is 7.27. The van der Waals surface area contributed by atoms with E-state index in [1.54, 1.807) is 6.20 Å². The predicted octanol–water partition coefficient (Wildman–Crippen LogP) is 3.95. The van der Waals surface area contributed by atoms with Crippen molar-refractivity contribution in [3.63, 3.8) is 0 Å². The molecule has 1 N–H and O–H groups in total. The van der Waals surface area contributed by atoms with Crippen LogP contribution in [0.1, 0.15) is 36.2 Å². The van der Waals surface area contributed by atoms with Crippen LogP contribution >= 0.6 is 0 Å². The van der Waals surface area contributed by atoms with Crippen molar-refractivity contribution < 1.29 is 8.78 Å². The summed E-state index contributed by atoms with van der Waals surface area (Å²) in [7, 11) is 0. The van der Waals surface area contributed by atoms with Gasteiger partial charge in [-0.05, 0) is 49.7 Å². The van der Waals surface area contributed by atoms with Crippen LogP contribution in [0.15, 0.2) is 36.5 Å². The Labute approximate surface area is 124 Å². The maximum atomic E-state index is 14.0. The molecule has 2 aromatic rings. The maximum Gasteiger partial charge on any atom is 0.128 e. The molecule has 0 saturated heterocycles. The molecule has 0 bridgehead atoms. The summed E-state index contributed by atoms with van der Waals surface area (Å²) in [6, 6.07) is 7.14. The molecule has 1 unspecified atom stereocenters. The van der Waals surface area contributed by atoms with Crippen LogP contribution in [0.3, 0.4) is 0 Å². The first kappa shape index (κ1) is 15.6. The Kier molecular flexibility index (Phi) is 5.39. The highest BCUT2D eigenvalue weighted by Crippen LogP contribution is 2.23. The van der Waals surface area contributed by atoms with Crippen LogP contribution in [0.4, 0.5) is 8.78 Å². The van der Waals surface area contributed by atoms with Crippen molar-refractivity contribution in [1.29, 1.82) is 0 Å². The second-order valence-corrected chi connectivity index (χ2v) is 5.14. The zero-order chi connectivity index (χ0) is 15.2. The fourth-order valence-electron chi connectivity index (χ4n) is 2.32. The third-order valence-corrected chi connectivity index (χ3v) is 3.49. The van der Waals surface area contributed by atoms with E-state index in [1.165, 1.54) is 12.1 Å². The minimum absolute atomic E-state index is 0.283. The van der Waals surface area contributed by atoms with Crippen molar-refractivity contribution in [2.24, 2.45) is 0 Å². The molecule has 0 aliphatic heterocycles. The quantitative estimate of drug-likeness (QED) is 0.871. The molecule has 2 nitrogen and oxygen atoms in total. The summed E-state index contributed by atoms with van der Waals surface area (Å²) in [5.41, 5.74) is 2.31. The summed E-state index contributed by atoms with van der Waals surface area (Å²) >= 11 is 0. The van der Waals surface area contributed by atoms with Crippen molar-refractivity contribution in [2.45, 2.75) is 32.7 Å². The molecular formula is C17H20F2N2. The molecular weight excluding hydrogens is 270 g/mol. The zero-order valence-electron chi connectivity index (χ0n) is 12.4. The molecule has 0 amide bonds. The highest BCUT2D eigenvalue weighted by Gasteiger charge is 2.18. The molecule has 1 aromatic heterocycles. The Hall–Kier alpha value is -1.81. The maximum absolute atomic E-state index is 14.0. The lowest BCUT2D eigenvalue weighted by atomic mass is 9.99.